The molecule has 0 fully saturated rings. The fourth-order valence-corrected chi connectivity index (χ4v) is 2.35. The molecule has 0 atom stereocenters. The number of carbonyl (C=O) groups excluding carboxylic acids is 2. The van der Waals surface area contributed by atoms with E-state index in [1.165, 1.54) is 7.11 Å². The lowest BCUT2D eigenvalue weighted by Crippen LogP contribution is -2.30. The van der Waals surface area contributed by atoms with Crippen LogP contribution >= 0.6 is 0 Å². The highest BCUT2D eigenvalue weighted by atomic mass is 16.5. The van der Waals surface area contributed by atoms with Gasteiger partial charge in [-0.2, -0.15) is 0 Å². The smallest absolute Gasteiger partial charge is 0.255 e. The standard InChI is InChI=1S/C19H23N3O4/c1-3-26-16-9-8-13(12-17(16)25-2)18(23)22-15-7-5-4-6-14(15)19(24)21-11-10-20/h4-9,12H,3,10-11,20H2,1-2H3,(H,21,24)(H,22,23). The van der Waals surface area contributed by atoms with Gasteiger partial charge in [-0.15, -0.1) is 0 Å². The Kier molecular flexibility index (Phi) is 6.99. The number of para-hydroxylation sites is 1. The van der Waals surface area contributed by atoms with Gasteiger partial charge in [0, 0.05) is 18.7 Å². The van der Waals surface area contributed by atoms with Crippen LogP contribution < -0.4 is 25.8 Å². The second kappa shape index (κ2) is 9.43. The number of hydrogen-bond donors (Lipinski definition) is 3. The number of hydrogen-bond acceptors (Lipinski definition) is 5. The van der Waals surface area contributed by atoms with Crippen LogP contribution in [-0.4, -0.2) is 38.6 Å². The Hall–Kier alpha value is -3.06. The molecule has 0 radical (unpaired) electrons. The summed E-state index contributed by atoms with van der Waals surface area (Å²) in [6, 6.07) is 11.7. The van der Waals surface area contributed by atoms with Crippen molar-refractivity contribution in [2.45, 2.75) is 6.92 Å². The summed E-state index contributed by atoms with van der Waals surface area (Å²) >= 11 is 0. The van der Waals surface area contributed by atoms with Gasteiger partial charge < -0.3 is 25.8 Å². The van der Waals surface area contributed by atoms with Crippen LogP contribution in [0, 0.1) is 0 Å². The third-order valence-electron chi connectivity index (χ3n) is 3.58. The lowest BCUT2D eigenvalue weighted by Gasteiger charge is -2.13. The molecule has 0 aliphatic heterocycles. The Morgan fingerprint density at radius 3 is 2.54 bits per heavy atom. The van der Waals surface area contributed by atoms with Crippen molar-refractivity contribution in [2.24, 2.45) is 5.73 Å². The zero-order valence-corrected chi connectivity index (χ0v) is 14.9. The minimum atomic E-state index is -0.356. The minimum Gasteiger partial charge on any atom is -0.493 e. The van der Waals surface area contributed by atoms with E-state index in [1.54, 1.807) is 42.5 Å². The molecule has 7 heteroatoms. The van der Waals surface area contributed by atoms with Gasteiger partial charge in [-0.05, 0) is 37.3 Å². The highest BCUT2D eigenvalue weighted by Crippen LogP contribution is 2.28. The first-order valence-electron chi connectivity index (χ1n) is 8.30. The van der Waals surface area contributed by atoms with E-state index >= 15 is 0 Å². The summed E-state index contributed by atoms with van der Waals surface area (Å²) < 4.78 is 10.7. The second-order valence-corrected chi connectivity index (χ2v) is 5.34. The Bertz CT molecular complexity index is 777. The third kappa shape index (κ3) is 4.73. The Balaban J connectivity index is 2.21. The van der Waals surface area contributed by atoms with Crippen LogP contribution in [0.3, 0.4) is 0 Å². The van der Waals surface area contributed by atoms with Gasteiger partial charge in [0.2, 0.25) is 0 Å². The third-order valence-corrected chi connectivity index (χ3v) is 3.58. The molecule has 0 aliphatic rings. The first-order chi connectivity index (χ1) is 12.6. The van der Waals surface area contributed by atoms with Crippen molar-refractivity contribution in [1.29, 1.82) is 0 Å². The van der Waals surface area contributed by atoms with E-state index in [9.17, 15) is 9.59 Å². The molecule has 0 bridgehead atoms. The average Bonchev–Trinajstić information content (AvgIpc) is 2.67. The van der Waals surface area contributed by atoms with Crippen molar-refractivity contribution in [3.05, 3.63) is 53.6 Å². The molecule has 0 unspecified atom stereocenters. The summed E-state index contributed by atoms with van der Waals surface area (Å²) in [6.07, 6.45) is 0. The Morgan fingerprint density at radius 1 is 1.08 bits per heavy atom. The molecule has 0 aromatic heterocycles. The monoisotopic (exact) mass is 357 g/mol. The lowest BCUT2D eigenvalue weighted by molar-refractivity contribution is 0.0955. The molecular formula is C19H23N3O4. The van der Waals surface area contributed by atoms with Gasteiger partial charge in [-0.3, -0.25) is 9.59 Å². The molecule has 2 rings (SSSR count). The van der Waals surface area contributed by atoms with Crippen LogP contribution in [0.15, 0.2) is 42.5 Å². The average molecular weight is 357 g/mol. The van der Waals surface area contributed by atoms with Gasteiger partial charge in [0.05, 0.1) is 25.0 Å². The molecule has 4 N–H and O–H groups in total. The van der Waals surface area contributed by atoms with E-state index in [0.29, 0.717) is 48.0 Å². The Morgan fingerprint density at radius 2 is 1.85 bits per heavy atom. The highest BCUT2D eigenvalue weighted by Gasteiger charge is 2.15. The Labute approximate surface area is 152 Å². The maximum Gasteiger partial charge on any atom is 0.255 e. The van der Waals surface area contributed by atoms with E-state index in [0.717, 1.165) is 0 Å². The molecule has 0 saturated carbocycles. The number of rotatable bonds is 8. The van der Waals surface area contributed by atoms with Crippen LogP contribution in [-0.2, 0) is 0 Å². The van der Waals surface area contributed by atoms with E-state index in [4.69, 9.17) is 15.2 Å². The second-order valence-electron chi connectivity index (χ2n) is 5.34. The topological polar surface area (TPSA) is 103 Å². The molecule has 0 saturated heterocycles. The molecule has 2 amide bonds. The molecule has 2 aromatic carbocycles. The predicted molar refractivity (Wildman–Crippen MR) is 99.9 cm³/mol. The number of nitrogens with one attached hydrogen (secondary N) is 2. The summed E-state index contributed by atoms with van der Waals surface area (Å²) in [4.78, 5) is 24.8. The van der Waals surface area contributed by atoms with Crippen LogP contribution in [0.1, 0.15) is 27.6 Å². The van der Waals surface area contributed by atoms with Crippen LogP contribution in [0.25, 0.3) is 0 Å². The fraction of sp³-hybridized carbons (Fsp3) is 0.263. The first kappa shape index (κ1) is 19.3. The van der Waals surface area contributed by atoms with Crippen LogP contribution in [0.2, 0.25) is 0 Å². The van der Waals surface area contributed by atoms with Gasteiger partial charge in [0.15, 0.2) is 11.5 Å². The molecule has 0 heterocycles. The minimum absolute atomic E-state index is 0.296. The summed E-state index contributed by atoms with van der Waals surface area (Å²) in [5.74, 6) is 0.377. The lowest BCUT2D eigenvalue weighted by atomic mass is 10.1. The van der Waals surface area contributed by atoms with Gasteiger partial charge in [0.1, 0.15) is 0 Å². The molecule has 0 aliphatic carbocycles. The van der Waals surface area contributed by atoms with Gasteiger partial charge >= 0.3 is 0 Å². The van der Waals surface area contributed by atoms with Crippen LogP contribution in [0.4, 0.5) is 5.69 Å². The van der Waals surface area contributed by atoms with E-state index in [2.05, 4.69) is 10.6 Å². The van der Waals surface area contributed by atoms with E-state index in [1.807, 2.05) is 6.92 Å². The maximum absolute atomic E-state index is 12.6. The zero-order chi connectivity index (χ0) is 18.9. The van der Waals surface area contributed by atoms with E-state index < -0.39 is 0 Å². The number of anilines is 1. The number of methoxy groups -OCH3 is 1. The van der Waals surface area contributed by atoms with E-state index in [-0.39, 0.29) is 11.8 Å². The summed E-state index contributed by atoms with van der Waals surface area (Å²) in [6.45, 7) is 3.06. The van der Waals surface area contributed by atoms with Gasteiger partial charge in [-0.1, -0.05) is 12.1 Å². The fourth-order valence-electron chi connectivity index (χ4n) is 2.35. The van der Waals surface area contributed by atoms with Crippen molar-refractivity contribution in [3.8, 4) is 11.5 Å². The molecular weight excluding hydrogens is 334 g/mol. The zero-order valence-electron chi connectivity index (χ0n) is 14.9. The van der Waals surface area contributed by atoms with Crippen molar-refractivity contribution >= 4 is 17.5 Å². The largest absolute Gasteiger partial charge is 0.493 e. The molecule has 26 heavy (non-hydrogen) atoms. The van der Waals surface area contributed by atoms with Gasteiger partial charge in [0.25, 0.3) is 11.8 Å². The number of amides is 2. The van der Waals surface area contributed by atoms with Gasteiger partial charge in [-0.25, -0.2) is 0 Å². The highest BCUT2D eigenvalue weighted by molar-refractivity contribution is 6.09. The van der Waals surface area contributed by atoms with Crippen molar-refractivity contribution in [3.63, 3.8) is 0 Å². The molecule has 2 aromatic rings. The van der Waals surface area contributed by atoms with Crippen molar-refractivity contribution in [1.82, 2.24) is 5.32 Å². The quantitative estimate of drug-likeness (QED) is 0.671. The van der Waals surface area contributed by atoms with Crippen LogP contribution in [0.5, 0.6) is 11.5 Å². The van der Waals surface area contributed by atoms with Crippen molar-refractivity contribution in [2.75, 3.05) is 32.1 Å². The summed E-state index contributed by atoms with van der Waals surface area (Å²) in [5.41, 5.74) is 6.58. The molecule has 0 spiro atoms. The SMILES string of the molecule is CCOc1ccc(C(=O)Nc2ccccc2C(=O)NCCN)cc1OC. The summed E-state index contributed by atoms with van der Waals surface area (Å²) in [7, 11) is 1.51. The predicted octanol–water partition coefficient (Wildman–Crippen LogP) is 2.03. The first-order valence-corrected chi connectivity index (χ1v) is 8.30. The number of benzene rings is 2. The number of nitrogens with two attached hydrogens (primary N) is 1. The molecule has 7 nitrogen and oxygen atoms in total. The molecule has 138 valence electrons. The normalized spacial score (nSPS) is 10.1. The number of carbonyl (C=O) groups is 2. The van der Waals surface area contributed by atoms with Crippen molar-refractivity contribution < 1.29 is 19.1 Å². The number of ether oxygens (including phenoxy) is 2. The summed E-state index contributed by atoms with van der Waals surface area (Å²) in [5, 5.41) is 5.45. The maximum atomic E-state index is 12.6.